The van der Waals surface area contributed by atoms with Crippen LogP contribution in [-0.2, 0) is 7.05 Å². The summed E-state index contributed by atoms with van der Waals surface area (Å²) in [5, 5.41) is 1.52. The molecule has 0 bridgehead atoms. The molecule has 0 unspecified atom stereocenters. The Bertz CT molecular complexity index is 1280. The highest BCUT2D eigenvalue weighted by atomic mass is 16.5. The molecular formula is C22H21NO6. The summed E-state index contributed by atoms with van der Waals surface area (Å²) >= 11 is 0. The van der Waals surface area contributed by atoms with Crippen molar-refractivity contribution in [1.29, 1.82) is 0 Å². The average molecular weight is 395 g/mol. The van der Waals surface area contributed by atoms with Gasteiger partial charge in [0.2, 0.25) is 0 Å². The van der Waals surface area contributed by atoms with Crippen molar-refractivity contribution in [3.8, 4) is 34.1 Å². The molecule has 0 saturated carbocycles. The molecule has 2 aromatic heterocycles. The smallest absolute Gasteiger partial charge is 0.361 e. The van der Waals surface area contributed by atoms with E-state index < -0.39 is 5.63 Å². The first-order valence-corrected chi connectivity index (χ1v) is 8.92. The zero-order chi connectivity index (χ0) is 20.7. The maximum absolute atomic E-state index is 12.7. The Labute approximate surface area is 167 Å². The second-order valence-corrected chi connectivity index (χ2v) is 6.54. The van der Waals surface area contributed by atoms with Gasteiger partial charge < -0.3 is 27.9 Å². The summed E-state index contributed by atoms with van der Waals surface area (Å²) in [6.45, 7) is 0. The van der Waals surface area contributed by atoms with Crippen molar-refractivity contribution < 1.29 is 23.4 Å². The monoisotopic (exact) mass is 395 g/mol. The molecule has 0 N–H and O–H groups in total. The Balaban J connectivity index is 2.12. The number of hydrogen-bond acceptors (Lipinski definition) is 6. The van der Waals surface area contributed by atoms with Crippen LogP contribution in [0, 0.1) is 0 Å². The van der Waals surface area contributed by atoms with Crippen LogP contribution < -0.4 is 24.6 Å². The van der Waals surface area contributed by atoms with Gasteiger partial charge in [-0.3, -0.25) is 0 Å². The molecular weight excluding hydrogens is 374 g/mol. The standard InChI is InChI=1S/C22H21NO6/c1-23-11-14(12-6-7-15(25-2)17(8-12)26-3)20-13-9-18(27-4)19(28-5)10-16(13)29-22(24)21(20)23/h6-11H,1-5H3. The van der Waals surface area contributed by atoms with E-state index in [4.69, 9.17) is 23.4 Å². The highest BCUT2D eigenvalue weighted by Gasteiger charge is 2.20. The predicted molar refractivity (Wildman–Crippen MR) is 111 cm³/mol. The molecule has 29 heavy (non-hydrogen) atoms. The number of benzene rings is 2. The molecule has 4 rings (SSSR count). The zero-order valence-corrected chi connectivity index (χ0v) is 16.9. The molecule has 4 aromatic rings. The molecule has 0 fully saturated rings. The lowest BCUT2D eigenvalue weighted by Gasteiger charge is -2.11. The second-order valence-electron chi connectivity index (χ2n) is 6.54. The van der Waals surface area contributed by atoms with Gasteiger partial charge in [0.15, 0.2) is 23.0 Å². The molecule has 7 nitrogen and oxygen atoms in total. The Morgan fingerprint density at radius 2 is 1.45 bits per heavy atom. The van der Waals surface area contributed by atoms with Crippen LogP contribution in [0.3, 0.4) is 0 Å². The van der Waals surface area contributed by atoms with Crippen LogP contribution in [0.2, 0.25) is 0 Å². The third-order valence-electron chi connectivity index (χ3n) is 5.03. The van der Waals surface area contributed by atoms with E-state index in [1.54, 1.807) is 32.0 Å². The Hall–Kier alpha value is -3.61. The maximum Gasteiger partial charge on any atom is 0.361 e. The Kier molecular flexibility index (Phi) is 4.58. The number of rotatable bonds is 5. The highest BCUT2D eigenvalue weighted by Crippen LogP contribution is 2.40. The van der Waals surface area contributed by atoms with E-state index in [0.29, 0.717) is 34.1 Å². The Morgan fingerprint density at radius 1 is 0.828 bits per heavy atom. The van der Waals surface area contributed by atoms with Crippen molar-refractivity contribution in [3.63, 3.8) is 0 Å². The second kappa shape index (κ2) is 7.09. The molecule has 0 aliphatic heterocycles. The van der Waals surface area contributed by atoms with Crippen molar-refractivity contribution in [2.45, 2.75) is 0 Å². The summed E-state index contributed by atoms with van der Waals surface area (Å²) in [5.41, 5.74) is 2.22. The van der Waals surface area contributed by atoms with E-state index in [1.807, 2.05) is 37.5 Å². The summed E-state index contributed by atoms with van der Waals surface area (Å²) in [7, 11) is 8.11. The van der Waals surface area contributed by atoms with Gasteiger partial charge in [0.05, 0.1) is 28.4 Å². The number of ether oxygens (including phenoxy) is 4. The molecule has 150 valence electrons. The minimum Gasteiger partial charge on any atom is -0.493 e. The van der Waals surface area contributed by atoms with Crippen molar-refractivity contribution in [1.82, 2.24) is 4.57 Å². The van der Waals surface area contributed by atoms with Gasteiger partial charge >= 0.3 is 5.63 Å². The molecule has 2 heterocycles. The maximum atomic E-state index is 12.7. The van der Waals surface area contributed by atoms with E-state index in [-0.39, 0.29) is 0 Å². The van der Waals surface area contributed by atoms with Gasteiger partial charge in [0.1, 0.15) is 11.1 Å². The molecule has 0 aliphatic rings. The molecule has 0 amide bonds. The fourth-order valence-corrected chi connectivity index (χ4v) is 3.66. The zero-order valence-electron chi connectivity index (χ0n) is 16.9. The lowest BCUT2D eigenvalue weighted by atomic mass is 10.0. The first-order valence-electron chi connectivity index (χ1n) is 8.92. The molecule has 2 aromatic carbocycles. The fourth-order valence-electron chi connectivity index (χ4n) is 3.66. The van der Waals surface area contributed by atoms with Crippen molar-refractivity contribution in [2.24, 2.45) is 7.05 Å². The summed E-state index contributed by atoms with van der Waals surface area (Å²) in [6.07, 6.45) is 1.90. The van der Waals surface area contributed by atoms with Crippen LogP contribution in [-0.4, -0.2) is 33.0 Å². The molecule has 0 saturated heterocycles. The fraction of sp³-hybridized carbons (Fsp3) is 0.227. The first kappa shape index (κ1) is 18.7. The SMILES string of the molecule is COc1ccc(-c2cn(C)c3c(=O)oc4cc(OC)c(OC)cc4c23)cc1OC. The van der Waals surface area contributed by atoms with Crippen LogP contribution in [0.4, 0.5) is 0 Å². The summed E-state index contributed by atoms with van der Waals surface area (Å²) in [6, 6.07) is 9.14. The number of aromatic nitrogens is 1. The number of hydrogen-bond donors (Lipinski definition) is 0. The minimum absolute atomic E-state index is 0.422. The largest absolute Gasteiger partial charge is 0.493 e. The number of nitrogens with zero attached hydrogens (tertiary/aromatic N) is 1. The molecule has 0 radical (unpaired) electrons. The topological polar surface area (TPSA) is 72.1 Å². The van der Waals surface area contributed by atoms with E-state index in [1.165, 1.54) is 7.11 Å². The van der Waals surface area contributed by atoms with Crippen molar-refractivity contribution >= 4 is 21.9 Å². The summed E-state index contributed by atoms with van der Waals surface area (Å²) in [4.78, 5) is 12.7. The van der Waals surface area contributed by atoms with E-state index >= 15 is 0 Å². The minimum atomic E-state index is -0.422. The van der Waals surface area contributed by atoms with Crippen molar-refractivity contribution in [2.75, 3.05) is 28.4 Å². The normalized spacial score (nSPS) is 11.1. The van der Waals surface area contributed by atoms with Gasteiger partial charge in [0, 0.05) is 35.6 Å². The van der Waals surface area contributed by atoms with Crippen LogP contribution in [0.5, 0.6) is 23.0 Å². The van der Waals surface area contributed by atoms with Crippen molar-refractivity contribution in [3.05, 3.63) is 46.9 Å². The predicted octanol–water partition coefficient (Wildman–Crippen LogP) is 3.99. The molecule has 7 heteroatoms. The van der Waals surface area contributed by atoms with Gasteiger partial charge in [-0.05, 0) is 23.8 Å². The third-order valence-corrected chi connectivity index (χ3v) is 5.03. The van der Waals surface area contributed by atoms with E-state index in [9.17, 15) is 4.79 Å². The van der Waals surface area contributed by atoms with Gasteiger partial charge in [-0.25, -0.2) is 4.79 Å². The summed E-state index contributed by atoms with van der Waals surface area (Å²) < 4.78 is 28.9. The molecule has 0 aliphatic carbocycles. The highest BCUT2D eigenvalue weighted by molar-refractivity contribution is 6.12. The lowest BCUT2D eigenvalue weighted by molar-refractivity contribution is 0.355. The van der Waals surface area contributed by atoms with Gasteiger partial charge in [-0.2, -0.15) is 0 Å². The summed E-state index contributed by atoms with van der Waals surface area (Å²) in [5.74, 6) is 2.28. The first-order chi connectivity index (χ1) is 14.0. The lowest BCUT2D eigenvalue weighted by Crippen LogP contribution is -2.04. The van der Waals surface area contributed by atoms with E-state index in [0.717, 1.165) is 21.9 Å². The van der Waals surface area contributed by atoms with Crippen LogP contribution in [0.25, 0.3) is 33.0 Å². The number of aryl methyl sites for hydroxylation is 1. The van der Waals surface area contributed by atoms with Gasteiger partial charge in [0.25, 0.3) is 0 Å². The van der Waals surface area contributed by atoms with Crippen LogP contribution >= 0.6 is 0 Å². The van der Waals surface area contributed by atoms with Gasteiger partial charge in [-0.15, -0.1) is 0 Å². The number of fused-ring (bicyclic) bond motifs is 3. The van der Waals surface area contributed by atoms with Gasteiger partial charge in [-0.1, -0.05) is 6.07 Å². The molecule has 0 atom stereocenters. The Morgan fingerprint density at radius 3 is 2.10 bits per heavy atom. The van der Waals surface area contributed by atoms with Crippen LogP contribution in [0.1, 0.15) is 0 Å². The number of methoxy groups -OCH3 is 4. The van der Waals surface area contributed by atoms with Crippen LogP contribution in [0.15, 0.2) is 45.7 Å². The third kappa shape index (κ3) is 2.86. The molecule has 0 spiro atoms. The quantitative estimate of drug-likeness (QED) is 0.476. The van der Waals surface area contributed by atoms with E-state index in [2.05, 4.69) is 0 Å². The average Bonchev–Trinajstić information content (AvgIpc) is 3.10.